The maximum absolute atomic E-state index is 14.6. The normalized spacial score (nSPS) is 20.3. The van der Waals surface area contributed by atoms with Crippen LogP contribution in [0.2, 0.25) is 0 Å². The summed E-state index contributed by atoms with van der Waals surface area (Å²) in [5.74, 6) is -15.3. The highest BCUT2D eigenvalue weighted by Gasteiger charge is 2.40. The molecule has 0 saturated carbocycles. The second-order valence-corrected chi connectivity index (χ2v) is 22.1. The van der Waals surface area contributed by atoms with E-state index < -0.39 is 181 Å². The van der Waals surface area contributed by atoms with Gasteiger partial charge in [-0.15, -0.1) is 0 Å². The number of carbonyl (C=O) groups excluding carboxylic acids is 14. The van der Waals surface area contributed by atoms with Crippen molar-refractivity contribution in [3.63, 3.8) is 0 Å². The van der Waals surface area contributed by atoms with Crippen LogP contribution >= 0.6 is 0 Å². The van der Waals surface area contributed by atoms with Gasteiger partial charge in [0.2, 0.25) is 83.1 Å². The van der Waals surface area contributed by atoms with Crippen LogP contribution in [0, 0.1) is 0 Å². The van der Waals surface area contributed by atoms with Crippen LogP contribution in [0.4, 0.5) is 11.5 Å². The summed E-state index contributed by atoms with van der Waals surface area (Å²) in [7, 11) is 0. The quantitative estimate of drug-likeness (QED) is 0.00792. The van der Waals surface area contributed by atoms with Crippen molar-refractivity contribution in [1.29, 1.82) is 0 Å². The number of unbranched alkanes of at least 4 members (excludes halogenated alkanes) is 2. The number of pyridine rings is 1. The number of carboxylic acids is 1. The number of benzene rings is 1. The highest BCUT2D eigenvalue weighted by Crippen LogP contribution is 2.40. The molecule has 37 nitrogen and oxygen atoms in total. The number of cyclic esters (lactones) is 1. The number of hydroxylamine groups is 4. The molecule has 37 heteroatoms. The molecule has 1 saturated heterocycles. The lowest BCUT2D eigenvalue weighted by Crippen LogP contribution is -2.62. The van der Waals surface area contributed by atoms with Crippen LogP contribution in [0.5, 0.6) is 5.75 Å². The molecule has 0 spiro atoms. The summed E-state index contributed by atoms with van der Waals surface area (Å²) in [6, 6.07) is -11.0. The molecule has 512 valence electrons. The number of aliphatic carboxylic acids is 1. The van der Waals surface area contributed by atoms with Crippen LogP contribution in [0.25, 0.3) is 11.3 Å². The Bertz CT molecular complexity index is 3110. The number of nitrogens with two attached hydrogens (primary N) is 3. The number of Topliss-reactive ketones (excluding diaryl/α,β-unsaturated/α-hetero) is 1. The Morgan fingerprint density at radius 3 is 1.89 bits per heavy atom. The number of primary amides is 1. The van der Waals surface area contributed by atoms with E-state index in [0.717, 1.165) is 12.1 Å². The molecule has 0 aromatic carbocycles. The minimum Gasteiger partial charge on any atom is -0.504 e. The topological polar surface area (TPSA) is 573 Å². The first-order valence-electron chi connectivity index (χ1n) is 29.9. The van der Waals surface area contributed by atoms with E-state index in [2.05, 4.69) is 53.2 Å². The molecule has 0 radical (unpaired) electrons. The Hall–Kier alpha value is -9.88. The summed E-state index contributed by atoms with van der Waals surface area (Å²) < 4.78 is 7.00. The third-order valence-corrected chi connectivity index (χ3v) is 14.9. The summed E-state index contributed by atoms with van der Waals surface area (Å²) in [4.78, 5) is 211. The third-order valence-electron chi connectivity index (χ3n) is 14.9. The van der Waals surface area contributed by atoms with E-state index in [0.29, 0.717) is 11.5 Å². The first kappa shape index (κ1) is 75.6. The summed E-state index contributed by atoms with van der Waals surface area (Å²) in [6.07, 6.45) is -4.06. The number of phenols is 1. The standard InChI is InChI=1S/C56H82N16O21/c1-28-47(80)61-29(2)48(81)64-33(12-8-20-70(91)26-73)50(83)67-35(11-5-7-18-58)56(90)93-30(3)45(54(87)62-28)69-51(84)32(10-4-6-17-57)65-49(82)34(13-9-21-71(92)27-74)66-52(85)37(24-43(59)78)68-53(86)38-16-19-60-46-36(63-44(79)15-14-40(75)55(88)89)22-31-23-41(76)42(77)25-39(31)72(38)46/h22-23,25-30,32-35,37-38,45,60,76,91-92H,4-21,24,57-58H2,1-3H3,(H2,59,78)(H,61,80)(H,62,87)(H,63,79)(H,64,81)(H,65,82)(H,66,85)(H,67,83)(H,68,86)(H,69,84)(H,88,89)/t28-,29-,30+,32+,33+,34+,35-,37+,38-,45+/m1/s1. The summed E-state index contributed by atoms with van der Waals surface area (Å²) in [5.41, 5.74) is 16.2. The van der Waals surface area contributed by atoms with Crippen LogP contribution in [-0.4, -0.2) is 212 Å². The van der Waals surface area contributed by atoms with Crippen molar-refractivity contribution in [3.05, 3.63) is 28.4 Å². The number of phenolic OH excluding ortho intramolecular Hbond substituents is 1. The van der Waals surface area contributed by atoms with E-state index in [4.69, 9.17) is 27.0 Å². The number of anilines is 2. The van der Waals surface area contributed by atoms with E-state index in [-0.39, 0.29) is 125 Å². The number of fused-ring (bicyclic) bond motifs is 3. The number of hydrogen-bond acceptors (Lipinski definition) is 23. The number of hydrogen-bond donors (Lipinski definition) is 17. The van der Waals surface area contributed by atoms with Crippen LogP contribution < -0.4 is 75.8 Å². The van der Waals surface area contributed by atoms with Crippen LogP contribution in [0.15, 0.2) is 23.0 Å². The molecule has 1 fully saturated rings. The monoisotopic (exact) mass is 1310 g/mol. The number of rotatable bonds is 33. The second-order valence-electron chi connectivity index (χ2n) is 22.1. The summed E-state index contributed by atoms with van der Waals surface area (Å²) in [5, 5.41) is 64.7. The van der Waals surface area contributed by atoms with Crippen LogP contribution in [0.1, 0.15) is 117 Å². The summed E-state index contributed by atoms with van der Waals surface area (Å²) >= 11 is 0. The Morgan fingerprint density at radius 1 is 0.699 bits per heavy atom. The van der Waals surface area contributed by atoms with Gasteiger partial charge in [0.25, 0.3) is 0 Å². The van der Waals surface area contributed by atoms with Gasteiger partial charge >= 0.3 is 11.9 Å². The van der Waals surface area contributed by atoms with Crippen LogP contribution in [-0.2, 0) is 76.7 Å². The highest BCUT2D eigenvalue weighted by atomic mass is 16.5. The van der Waals surface area contributed by atoms with Crippen molar-refractivity contribution in [2.75, 3.05) is 43.4 Å². The molecule has 4 rings (SSSR count). The number of esters is 1. The van der Waals surface area contributed by atoms with Gasteiger partial charge < -0.3 is 89.9 Å². The fraction of sp³-hybridized carbons (Fsp3) is 0.571. The SMILES string of the molecule is C[C@@H]1OC(=O)[C@@H](CCCCN)NC(=O)[C@H](CCCN(O)C=O)NC(=O)[C@@H](C)NC(=O)[C@@H](C)NC(=O)[C@H]1NC(=O)[C@H](CCCCN)NC(=O)[C@H](CCCN(O)C=O)NC(=O)[C@H](CC(N)=O)NC(=O)[C@H]1CCNc2c(NC(=O)CCC(=O)C(=O)O)cc3cc(O)c(=O)cc-3n21. The Kier molecular flexibility index (Phi) is 29.9. The first-order chi connectivity index (χ1) is 44.0. The lowest BCUT2D eigenvalue weighted by atomic mass is 10.0. The van der Waals surface area contributed by atoms with Gasteiger partial charge in [0.15, 0.2) is 5.75 Å². The molecule has 0 unspecified atom stereocenters. The maximum atomic E-state index is 14.6. The zero-order valence-electron chi connectivity index (χ0n) is 51.4. The molecule has 3 heterocycles. The number of carbonyl (C=O) groups is 15. The lowest BCUT2D eigenvalue weighted by Gasteiger charge is -2.34. The number of ketones is 1. The zero-order chi connectivity index (χ0) is 69.2. The van der Waals surface area contributed by atoms with Crippen LogP contribution in [0.3, 0.4) is 0 Å². The third kappa shape index (κ3) is 23.1. The van der Waals surface area contributed by atoms with E-state index in [9.17, 15) is 92.2 Å². The van der Waals surface area contributed by atoms with Gasteiger partial charge in [0, 0.05) is 44.1 Å². The minimum absolute atomic E-state index is 0.00612. The first-order valence-corrected chi connectivity index (χ1v) is 29.9. The van der Waals surface area contributed by atoms with Gasteiger partial charge in [-0.25, -0.2) is 19.7 Å². The molecule has 3 aliphatic heterocycles. The number of amides is 12. The van der Waals surface area contributed by atoms with Crippen molar-refractivity contribution < 1.29 is 97.3 Å². The number of aromatic nitrogens is 1. The second kappa shape index (κ2) is 36.8. The van der Waals surface area contributed by atoms with Gasteiger partial charge in [0.05, 0.1) is 17.8 Å². The number of nitrogens with one attached hydrogen (secondary N) is 10. The van der Waals surface area contributed by atoms with Crippen molar-refractivity contribution in [3.8, 4) is 17.0 Å². The molecule has 4 aliphatic rings. The van der Waals surface area contributed by atoms with E-state index >= 15 is 0 Å². The maximum Gasteiger partial charge on any atom is 0.372 e. The van der Waals surface area contributed by atoms with E-state index in [1.807, 2.05) is 0 Å². The molecule has 1 aliphatic carbocycles. The molecule has 0 aromatic rings. The van der Waals surface area contributed by atoms with Gasteiger partial charge in [-0.3, -0.25) is 77.5 Å². The number of ether oxygens (including phenoxy) is 1. The molecule has 20 N–H and O–H groups in total. The van der Waals surface area contributed by atoms with Gasteiger partial charge in [-0.1, -0.05) is 0 Å². The van der Waals surface area contributed by atoms with Gasteiger partial charge in [-0.05, 0) is 117 Å². The fourth-order valence-corrected chi connectivity index (χ4v) is 9.83. The van der Waals surface area contributed by atoms with Gasteiger partial charge in [-0.2, -0.15) is 0 Å². The van der Waals surface area contributed by atoms with Crippen molar-refractivity contribution >= 4 is 101 Å². The molecular weight excluding hydrogens is 1230 g/mol. The molecular formula is C56H82N16O21. The molecule has 0 bridgehead atoms. The zero-order valence-corrected chi connectivity index (χ0v) is 51.4. The summed E-state index contributed by atoms with van der Waals surface area (Å²) in [6.45, 7) is 3.22. The van der Waals surface area contributed by atoms with Crippen molar-refractivity contribution in [1.82, 2.24) is 57.2 Å². The number of carboxylic acid groups (broad SMARTS) is 1. The minimum atomic E-state index is -1.91. The number of aromatic hydroxyl groups is 1. The molecule has 93 heavy (non-hydrogen) atoms. The smallest absolute Gasteiger partial charge is 0.372 e. The predicted octanol–water partition coefficient (Wildman–Crippen LogP) is -5.36. The molecule has 12 amide bonds. The molecule has 0 aromatic heterocycles. The van der Waals surface area contributed by atoms with Gasteiger partial charge in [0.1, 0.15) is 66.3 Å². The predicted molar refractivity (Wildman–Crippen MR) is 321 cm³/mol. The Labute approximate surface area is 531 Å². The van der Waals surface area contributed by atoms with Crippen molar-refractivity contribution in [2.45, 2.75) is 171 Å². The average Bonchev–Trinajstić information content (AvgIpc) is 0.759. The van der Waals surface area contributed by atoms with Crippen molar-refractivity contribution in [2.24, 2.45) is 17.2 Å². The Morgan fingerprint density at radius 2 is 1.27 bits per heavy atom. The lowest BCUT2D eigenvalue weighted by molar-refractivity contribution is -0.156. The Balaban J connectivity index is 1.70. The largest absolute Gasteiger partial charge is 0.504 e. The fourth-order valence-electron chi connectivity index (χ4n) is 9.83. The van der Waals surface area contributed by atoms with E-state index in [1.54, 1.807) is 0 Å². The highest BCUT2D eigenvalue weighted by molar-refractivity contribution is 6.33. The van der Waals surface area contributed by atoms with E-state index in [1.165, 1.54) is 31.4 Å². The molecule has 10 atom stereocenters. The number of nitrogens with zero attached hydrogens (tertiary/aromatic N) is 3. The average molecular weight is 1320 g/mol.